The zero-order valence-corrected chi connectivity index (χ0v) is 21.4. The van der Waals surface area contributed by atoms with Crippen molar-refractivity contribution in [2.24, 2.45) is 0 Å². The highest BCUT2D eigenvalue weighted by molar-refractivity contribution is 7.89. The van der Waals surface area contributed by atoms with Gasteiger partial charge in [0.2, 0.25) is 16.8 Å². The van der Waals surface area contributed by atoms with E-state index in [1.165, 1.54) is 44.4 Å². The third-order valence-corrected chi connectivity index (χ3v) is 8.64. The van der Waals surface area contributed by atoms with Crippen molar-refractivity contribution < 1.29 is 40.6 Å². The van der Waals surface area contributed by atoms with E-state index in [-0.39, 0.29) is 29.5 Å². The molecule has 11 heteroatoms. The average molecular weight is 548 g/mol. The minimum atomic E-state index is -4.93. The highest BCUT2D eigenvalue weighted by Crippen LogP contribution is 2.52. The summed E-state index contributed by atoms with van der Waals surface area (Å²) in [6.07, 6.45) is -4.07. The summed E-state index contributed by atoms with van der Waals surface area (Å²) in [5.74, 6) is 0.426. The molecule has 0 aromatic heterocycles. The number of ketones is 1. The highest BCUT2D eigenvalue weighted by Gasteiger charge is 2.51. The number of carbonyl (C=O) groups excluding carboxylic acids is 1. The lowest BCUT2D eigenvalue weighted by atomic mass is 9.87. The van der Waals surface area contributed by atoms with E-state index in [9.17, 15) is 26.4 Å². The number of halogens is 3. The van der Waals surface area contributed by atoms with Crippen LogP contribution in [0.25, 0.3) is 11.1 Å². The molecule has 0 atom stereocenters. The second kappa shape index (κ2) is 9.32. The Morgan fingerprint density at radius 1 is 0.947 bits per heavy atom. The quantitative estimate of drug-likeness (QED) is 0.392. The Morgan fingerprint density at radius 3 is 2.24 bits per heavy atom. The summed E-state index contributed by atoms with van der Waals surface area (Å²) in [5.41, 5.74) is 1.10. The van der Waals surface area contributed by atoms with Gasteiger partial charge in [0.05, 0.1) is 10.3 Å². The number of ether oxygens (including phenoxy) is 3. The maximum Gasteiger partial charge on any atom is 0.573 e. The predicted molar refractivity (Wildman–Crippen MR) is 132 cm³/mol. The molecule has 1 aliphatic heterocycles. The molecule has 1 heterocycles. The molecule has 0 unspecified atom stereocenters. The van der Waals surface area contributed by atoms with Crippen molar-refractivity contribution >= 4 is 15.8 Å². The van der Waals surface area contributed by atoms with E-state index in [4.69, 9.17) is 9.47 Å². The Hall–Kier alpha value is -3.57. The zero-order chi connectivity index (χ0) is 27.3. The summed E-state index contributed by atoms with van der Waals surface area (Å²) in [6.45, 7) is 0.0900. The van der Waals surface area contributed by atoms with E-state index in [0.717, 1.165) is 9.87 Å². The Morgan fingerprint density at radius 2 is 1.61 bits per heavy atom. The molecular weight excluding hydrogens is 523 g/mol. The molecule has 200 valence electrons. The van der Waals surface area contributed by atoms with Crippen molar-refractivity contribution in [1.82, 2.24) is 4.31 Å². The third kappa shape index (κ3) is 4.95. The van der Waals surface area contributed by atoms with Gasteiger partial charge in [-0.05, 0) is 65.9 Å². The van der Waals surface area contributed by atoms with Crippen LogP contribution in [0.2, 0.25) is 0 Å². The van der Waals surface area contributed by atoms with Crippen LogP contribution in [0.1, 0.15) is 24.0 Å². The normalized spacial score (nSPS) is 15.9. The number of nitrogens with zero attached hydrogens (tertiary/aromatic N) is 1. The van der Waals surface area contributed by atoms with Gasteiger partial charge in [-0.15, -0.1) is 13.2 Å². The Bertz CT molecular complexity index is 1500. The van der Waals surface area contributed by atoms with Crippen LogP contribution in [0, 0.1) is 0 Å². The van der Waals surface area contributed by atoms with Crippen molar-refractivity contribution in [3.63, 3.8) is 0 Å². The van der Waals surface area contributed by atoms with Crippen LogP contribution in [-0.2, 0) is 26.7 Å². The van der Waals surface area contributed by atoms with Gasteiger partial charge in [0, 0.05) is 26.1 Å². The first-order valence-corrected chi connectivity index (χ1v) is 13.2. The molecule has 1 aliphatic carbocycles. The third-order valence-electron chi connectivity index (χ3n) is 6.81. The number of hydrogen-bond acceptors (Lipinski definition) is 6. The van der Waals surface area contributed by atoms with Crippen LogP contribution < -0.4 is 14.2 Å². The molecule has 0 saturated heterocycles. The minimum absolute atomic E-state index is 0.0816. The molecule has 0 bridgehead atoms. The van der Waals surface area contributed by atoms with Gasteiger partial charge >= 0.3 is 6.36 Å². The van der Waals surface area contributed by atoms with Gasteiger partial charge < -0.3 is 14.2 Å². The van der Waals surface area contributed by atoms with Crippen molar-refractivity contribution in [3.05, 3.63) is 71.8 Å². The van der Waals surface area contributed by atoms with Crippen LogP contribution in [0.5, 0.6) is 17.2 Å². The van der Waals surface area contributed by atoms with Crippen molar-refractivity contribution in [3.8, 4) is 28.4 Å². The van der Waals surface area contributed by atoms with Gasteiger partial charge in [0.1, 0.15) is 11.5 Å². The summed E-state index contributed by atoms with van der Waals surface area (Å²) < 4.78 is 80.3. The first-order valence-electron chi connectivity index (χ1n) is 11.7. The number of fused-ring (bicyclic) bond motifs is 1. The van der Waals surface area contributed by atoms with Crippen LogP contribution >= 0.6 is 0 Å². The number of carbonyl (C=O) groups is 1. The number of benzene rings is 3. The molecule has 7 nitrogen and oxygen atoms in total. The molecule has 2 aliphatic rings. The molecule has 3 aromatic rings. The van der Waals surface area contributed by atoms with Gasteiger partial charge in [-0.1, -0.05) is 24.3 Å². The van der Waals surface area contributed by atoms with Crippen molar-refractivity contribution in [2.45, 2.75) is 35.9 Å². The molecule has 1 fully saturated rings. The second-order valence-corrected chi connectivity index (χ2v) is 11.6. The fourth-order valence-corrected chi connectivity index (χ4v) is 5.44. The van der Waals surface area contributed by atoms with E-state index in [2.05, 4.69) is 4.74 Å². The second-order valence-electron chi connectivity index (χ2n) is 9.43. The van der Waals surface area contributed by atoms with E-state index in [0.29, 0.717) is 35.5 Å². The van der Waals surface area contributed by atoms with Gasteiger partial charge in [0.15, 0.2) is 11.5 Å². The Balaban J connectivity index is 1.46. The number of Topliss-reactive ketones (excluding diaryl/α,β-unsaturated/α-hetero) is 1. The standard InChI is InChI=1S/C27H24F3NO6S/c1-31(2)38(33,34)21-7-3-17(4-8-21)18-5-9-22(37-27(28,29)30)19(13-18)14-25(32)26(11-12-26)20-6-10-23-24(15-20)36-16-35-23/h3-10,13,15H,11-12,14,16H2,1-2H3. The maximum absolute atomic E-state index is 13.5. The SMILES string of the molecule is CN(C)S(=O)(=O)c1ccc(-c2ccc(OC(F)(F)F)c(CC(=O)C3(c4ccc5c(c4)OCO5)CC3)c2)cc1. The molecule has 38 heavy (non-hydrogen) atoms. The monoisotopic (exact) mass is 547 g/mol. The zero-order valence-electron chi connectivity index (χ0n) is 20.5. The van der Waals surface area contributed by atoms with Crippen LogP contribution in [-0.4, -0.2) is 45.8 Å². The van der Waals surface area contributed by atoms with E-state index >= 15 is 0 Å². The number of rotatable bonds is 8. The highest BCUT2D eigenvalue weighted by atomic mass is 32.2. The van der Waals surface area contributed by atoms with E-state index in [1.807, 2.05) is 0 Å². The van der Waals surface area contributed by atoms with Crippen molar-refractivity contribution in [1.29, 1.82) is 0 Å². The van der Waals surface area contributed by atoms with Gasteiger partial charge in [-0.2, -0.15) is 0 Å². The van der Waals surface area contributed by atoms with Gasteiger partial charge in [-0.25, -0.2) is 12.7 Å². The molecule has 5 rings (SSSR count). The predicted octanol–water partition coefficient (Wildman–Crippen LogP) is 5.07. The lowest BCUT2D eigenvalue weighted by molar-refractivity contribution is -0.274. The summed E-state index contributed by atoms with van der Waals surface area (Å²) in [5, 5.41) is 0. The molecular formula is C27H24F3NO6S. The van der Waals surface area contributed by atoms with Gasteiger partial charge in [0.25, 0.3) is 0 Å². The summed E-state index contributed by atoms with van der Waals surface area (Å²) in [7, 11) is -0.802. The summed E-state index contributed by atoms with van der Waals surface area (Å²) in [6, 6.07) is 15.3. The molecule has 0 amide bonds. The van der Waals surface area contributed by atoms with Crippen molar-refractivity contribution in [2.75, 3.05) is 20.9 Å². The van der Waals surface area contributed by atoms with Gasteiger partial charge in [-0.3, -0.25) is 4.79 Å². The van der Waals surface area contributed by atoms with E-state index < -0.39 is 27.6 Å². The summed E-state index contributed by atoms with van der Waals surface area (Å²) >= 11 is 0. The topological polar surface area (TPSA) is 82.1 Å². The first kappa shape index (κ1) is 26.1. The van der Waals surface area contributed by atoms with Crippen LogP contribution in [0.15, 0.2) is 65.6 Å². The maximum atomic E-state index is 13.5. The number of sulfonamides is 1. The largest absolute Gasteiger partial charge is 0.573 e. The Kier molecular flexibility index (Phi) is 6.39. The lowest BCUT2D eigenvalue weighted by Crippen LogP contribution is -2.24. The van der Waals surface area contributed by atoms with Crippen LogP contribution in [0.3, 0.4) is 0 Å². The summed E-state index contributed by atoms with van der Waals surface area (Å²) in [4.78, 5) is 13.6. The fourth-order valence-electron chi connectivity index (χ4n) is 4.54. The van der Waals surface area contributed by atoms with E-state index in [1.54, 1.807) is 30.3 Å². The number of alkyl halides is 3. The lowest BCUT2D eigenvalue weighted by Gasteiger charge is -2.18. The minimum Gasteiger partial charge on any atom is -0.454 e. The Labute approximate surface area is 217 Å². The molecule has 0 spiro atoms. The molecule has 0 N–H and O–H groups in total. The smallest absolute Gasteiger partial charge is 0.454 e. The molecule has 1 saturated carbocycles. The molecule has 3 aromatic carbocycles. The first-order chi connectivity index (χ1) is 17.9. The van der Waals surface area contributed by atoms with Crippen LogP contribution in [0.4, 0.5) is 13.2 Å². The molecule has 0 radical (unpaired) electrons. The average Bonchev–Trinajstić information content (AvgIpc) is 3.55. The fraction of sp³-hybridized carbons (Fsp3) is 0.296. The number of hydrogen-bond donors (Lipinski definition) is 0.